The maximum absolute atomic E-state index is 13.2. The Labute approximate surface area is 658 Å². The molecule has 0 saturated heterocycles. The van der Waals surface area contributed by atoms with Gasteiger partial charge in [0, 0.05) is 25.7 Å². The first-order chi connectivity index (χ1) is 51.9. The number of aliphatic hydroxyl groups excluding tert-OH is 1. The number of hydrogen-bond acceptors (Lipinski definition) is 15. The van der Waals surface area contributed by atoms with Crippen LogP contribution in [0.5, 0.6) is 0 Å². The fourth-order valence-electron chi connectivity index (χ4n) is 13.7. The summed E-state index contributed by atoms with van der Waals surface area (Å²) in [5, 5.41) is 10.7. The molecule has 0 aromatic heterocycles. The van der Waals surface area contributed by atoms with Crippen molar-refractivity contribution in [1.82, 2.24) is 0 Å². The van der Waals surface area contributed by atoms with Gasteiger partial charge >= 0.3 is 39.5 Å². The standard InChI is InChI=1S/C88H172O17P2/c1-7-10-12-14-16-18-20-22-23-24-25-26-30-33-37-40-46-52-58-64-70-85(90)98-76-83(104-88(93)73-67-61-55-48-42-38-34-31-28-27-29-32-36-39-45-51-57-63-69-81(6)9-3)78-102-106(94,95)100-74-82(89)75-101-107(96,97)103-79-84(77-99-86(91)71-65-59-53-49-43-44-50-56-62-68-80(4)5)105-87(92)72-66-60-54-47-41-35-21-19-17-15-13-11-8-2/h80-84,89H,7-79H2,1-6H3,(H,94,95)(H,96,97)/t81?,82-,83-,84-/m1/s1. The highest BCUT2D eigenvalue weighted by atomic mass is 31.2. The predicted molar refractivity (Wildman–Crippen MR) is 442 cm³/mol. The molecule has 0 aliphatic rings. The minimum absolute atomic E-state index is 0.108. The first kappa shape index (κ1) is 105. The molecule has 636 valence electrons. The Kier molecular flexibility index (Phi) is 77.9. The number of aliphatic hydroxyl groups is 1. The summed E-state index contributed by atoms with van der Waals surface area (Å²) in [6, 6.07) is 0. The topological polar surface area (TPSA) is 237 Å². The van der Waals surface area contributed by atoms with Crippen LogP contribution in [0, 0.1) is 11.8 Å². The molecule has 0 saturated carbocycles. The second-order valence-electron chi connectivity index (χ2n) is 32.4. The van der Waals surface area contributed by atoms with Crippen molar-refractivity contribution in [3.8, 4) is 0 Å². The summed E-state index contributed by atoms with van der Waals surface area (Å²) in [7, 11) is -9.93. The molecule has 0 fully saturated rings. The molecule has 0 amide bonds. The Balaban J connectivity index is 5.23. The van der Waals surface area contributed by atoms with Crippen molar-refractivity contribution in [2.75, 3.05) is 39.6 Å². The van der Waals surface area contributed by atoms with Gasteiger partial charge in [0.05, 0.1) is 26.4 Å². The lowest BCUT2D eigenvalue weighted by molar-refractivity contribution is -0.161. The maximum Gasteiger partial charge on any atom is 0.472 e. The van der Waals surface area contributed by atoms with Crippen LogP contribution in [-0.2, 0) is 65.4 Å². The molecule has 107 heavy (non-hydrogen) atoms. The third-order valence-corrected chi connectivity index (χ3v) is 23.0. The van der Waals surface area contributed by atoms with Gasteiger partial charge < -0.3 is 33.8 Å². The molecule has 17 nitrogen and oxygen atoms in total. The fourth-order valence-corrected chi connectivity index (χ4v) is 15.3. The van der Waals surface area contributed by atoms with Crippen LogP contribution in [0.3, 0.4) is 0 Å². The SMILES string of the molecule is CCCCCCCCCCCCCCCCCCCCCCC(=O)OC[C@H](COP(=O)(O)OC[C@@H](O)COP(=O)(O)OC[C@@H](COC(=O)CCCCCCCCCCCC(C)C)OC(=O)CCCCCCCCCCCCCCC)OC(=O)CCCCCCCCCCCCCCCCCCCCC(C)CC. The number of hydrogen-bond donors (Lipinski definition) is 3. The largest absolute Gasteiger partial charge is 0.472 e. The zero-order chi connectivity index (χ0) is 78.5. The van der Waals surface area contributed by atoms with Crippen LogP contribution >= 0.6 is 15.6 Å². The summed E-state index contributed by atoms with van der Waals surface area (Å²) >= 11 is 0. The summed E-state index contributed by atoms with van der Waals surface area (Å²) < 4.78 is 68.9. The second kappa shape index (κ2) is 79.3. The van der Waals surface area contributed by atoms with Gasteiger partial charge in [-0.3, -0.25) is 37.3 Å². The predicted octanol–water partition coefficient (Wildman–Crippen LogP) is 27.0. The Morgan fingerprint density at radius 1 is 0.271 bits per heavy atom. The number of phosphoric ester groups is 2. The van der Waals surface area contributed by atoms with Crippen molar-refractivity contribution >= 4 is 39.5 Å². The number of carbonyl (C=O) groups is 4. The molecule has 0 aliphatic heterocycles. The number of rotatable bonds is 87. The number of unbranched alkanes of at least 4 members (excludes halogenated alkanes) is 56. The Bertz CT molecular complexity index is 2050. The number of esters is 4. The summed E-state index contributed by atoms with van der Waals surface area (Å²) in [5.41, 5.74) is 0. The average Bonchev–Trinajstić information content (AvgIpc) is 0.898. The van der Waals surface area contributed by atoms with Gasteiger partial charge in [0.25, 0.3) is 0 Å². The van der Waals surface area contributed by atoms with E-state index in [9.17, 15) is 43.2 Å². The Morgan fingerprint density at radius 2 is 0.477 bits per heavy atom. The normalized spacial score (nSPS) is 14.0. The van der Waals surface area contributed by atoms with E-state index in [2.05, 4.69) is 41.5 Å². The Hall–Kier alpha value is -1.94. The molecule has 0 bridgehead atoms. The average molecular weight is 1560 g/mol. The van der Waals surface area contributed by atoms with Crippen LogP contribution in [0.2, 0.25) is 0 Å². The fraction of sp³-hybridized carbons (Fsp3) is 0.955. The van der Waals surface area contributed by atoms with E-state index in [-0.39, 0.29) is 25.7 Å². The first-order valence-corrected chi connectivity index (χ1v) is 48.5. The summed E-state index contributed by atoms with van der Waals surface area (Å²) in [6.07, 6.45) is 72.2. The minimum Gasteiger partial charge on any atom is -0.462 e. The van der Waals surface area contributed by atoms with Gasteiger partial charge in [0.15, 0.2) is 12.2 Å². The lowest BCUT2D eigenvalue weighted by Crippen LogP contribution is -2.30. The van der Waals surface area contributed by atoms with Gasteiger partial charge in [-0.15, -0.1) is 0 Å². The van der Waals surface area contributed by atoms with Crippen molar-refractivity contribution in [2.45, 2.75) is 490 Å². The van der Waals surface area contributed by atoms with Crippen LogP contribution in [0.25, 0.3) is 0 Å². The molecular weight excluding hydrogens is 1390 g/mol. The van der Waals surface area contributed by atoms with Crippen LogP contribution in [0.1, 0.15) is 472 Å². The molecule has 0 aromatic rings. The van der Waals surface area contributed by atoms with Crippen LogP contribution < -0.4 is 0 Å². The van der Waals surface area contributed by atoms with Gasteiger partial charge in [-0.05, 0) is 37.5 Å². The van der Waals surface area contributed by atoms with E-state index in [0.29, 0.717) is 25.7 Å². The highest BCUT2D eigenvalue weighted by Gasteiger charge is 2.31. The summed E-state index contributed by atoms with van der Waals surface area (Å²) in [5.74, 6) is -0.484. The summed E-state index contributed by atoms with van der Waals surface area (Å²) in [6.45, 7) is 9.73. The zero-order valence-corrected chi connectivity index (χ0v) is 72.2. The van der Waals surface area contributed by atoms with Crippen molar-refractivity contribution in [1.29, 1.82) is 0 Å². The lowest BCUT2D eigenvalue weighted by Gasteiger charge is -2.21. The van der Waals surface area contributed by atoms with Crippen LogP contribution in [0.4, 0.5) is 0 Å². The van der Waals surface area contributed by atoms with Crippen LogP contribution in [-0.4, -0.2) is 96.7 Å². The molecule has 3 N–H and O–H groups in total. The maximum atomic E-state index is 13.2. The molecule has 0 aliphatic carbocycles. The molecule has 0 aromatic carbocycles. The monoisotopic (exact) mass is 1560 g/mol. The van der Waals surface area contributed by atoms with E-state index in [0.717, 1.165) is 102 Å². The van der Waals surface area contributed by atoms with Gasteiger partial charge in [-0.2, -0.15) is 0 Å². The van der Waals surface area contributed by atoms with Crippen LogP contribution in [0.15, 0.2) is 0 Å². The summed E-state index contributed by atoms with van der Waals surface area (Å²) in [4.78, 5) is 73.3. The quantitative estimate of drug-likeness (QED) is 0.0222. The molecule has 0 heterocycles. The second-order valence-corrected chi connectivity index (χ2v) is 35.3. The van der Waals surface area contributed by atoms with Gasteiger partial charge in [0.2, 0.25) is 0 Å². The number of carbonyl (C=O) groups excluding carboxylic acids is 4. The van der Waals surface area contributed by atoms with Crippen molar-refractivity contribution in [2.24, 2.45) is 11.8 Å². The minimum atomic E-state index is -4.97. The van der Waals surface area contributed by atoms with E-state index in [4.69, 9.17) is 37.0 Å². The molecule has 3 unspecified atom stereocenters. The third kappa shape index (κ3) is 80.5. The van der Waals surface area contributed by atoms with E-state index in [1.54, 1.807) is 0 Å². The van der Waals surface area contributed by atoms with E-state index in [1.807, 2.05) is 0 Å². The lowest BCUT2D eigenvalue weighted by atomic mass is 9.99. The van der Waals surface area contributed by atoms with E-state index in [1.165, 1.54) is 289 Å². The van der Waals surface area contributed by atoms with Crippen molar-refractivity contribution in [3.63, 3.8) is 0 Å². The molecule has 0 spiro atoms. The molecule has 0 rings (SSSR count). The van der Waals surface area contributed by atoms with Gasteiger partial charge in [-0.1, -0.05) is 420 Å². The zero-order valence-electron chi connectivity index (χ0n) is 70.5. The number of phosphoric acid groups is 2. The molecule has 6 atom stereocenters. The van der Waals surface area contributed by atoms with Gasteiger partial charge in [-0.25, -0.2) is 9.13 Å². The first-order valence-electron chi connectivity index (χ1n) is 45.5. The molecule has 0 radical (unpaired) electrons. The van der Waals surface area contributed by atoms with E-state index < -0.39 is 97.5 Å². The van der Waals surface area contributed by atoms with Crippen molar-refractivity contribution < 1.29 is 80.2 Å². The highest BCUT2D eigenvalue weighted by Crippen LogP contribution is 2.45. The highest BCUT2D eigenvalue weighted by molar-refractivity contribution is 7.47. The Morgan fingerprint density at radius 3 is 0.710 bits per heavy atom. The van der Waals surface area contributed by atoms with Gasteiger partial charge in [0.1, 0.15) is 19.3 Å². The molecule has 19 heteroatoms. The smallest absolute Gasteiger partial charge is 0.462 e. The third-order valence-electron chi connectivity index (χ3n) is 21.1. The van der Waals surface area contributed by atoms with E-state index >= 15 is 0 Å². The molecular formula is C88H172O17P2. The number of ether oxygens (including phenoxy) is 4. The van der Waals surface area contributed by atoms with Crippen molar-refractivity contribution in [3.05, 3.63) is 0 Å².